The molecule has 1 aliphatic carbocycles. The van der Waals surface area contributed by atoms with Gasteiger partial charge in [0.25, 0.3) is 0 Å². The highest BCUT2D eigenvalue weighted by molar-refractivity contribution is 9.10. The molecule has 0 amide bonds. The fourth-order valence-electron chi connectivity index (χ4n) is 2.23. The fraction of sp³-hybridized carbons (Fsp3) is 0.571. The number of hydrogen-bond acceptors (Lipinski definition) is 1. The van der Waals surface area contributed by atoms with Crippen molar-refractivity contribution in [2.24, 2.45) is 11.8 Å². The Morgan fingerprint density at radius 2 is 2.00 bits per heavy atom. The smallest absolute Gasteiger partial charge is 0.0175 e. The molecule has 1 aromatic rings. The molecule has 1 nitrogen and oxygen atoms in total. The summed E-state index contributed by atoms with van der Waals surface area (Å²) < 4.78 is 1.17. The molecule has 0 heterocycles. The van der Waals surface area contributed by atoms with Gasteiger partial charge in [0.1, 0.15) is 0 Å². The second-order valence-corrected chi connectivity index (χ2v) is 5.65. The van der Waals surface area contributed by atoms with Crippen LogP contribution in [0.3, 0.4) is 0 Å². The van der Waals surface area contributed by atoms with Gasteiger partial charge in [-0.15, -0.1) is 0 Å². The van der Waals surface area contributed by atoms with E-state index in [4.69, 9.17) is 0 Å². The lowest BCUT2D eigenvalue weighted by atomic mass is 9.95. The molecule has 1 N–H and O–H groups in total. The fourth-order valence-corrected chi connectivity index (χ4v) is 2.49. The number of halogens is 1. The maximum atomic E-state index is 3.49. The Labute approximate surface area is 107 Å². The van der Waals surface area contributed by atoms with Gasteiger partial charge in [-0.3, -0.25) is 0 Å². The summed E-state index contributed by atoms with van der Waals surface area (Å²) in [7, 11) is 0. The first kappa shape index (κ1) is 12.1. The average Bonchev–Trinajstić information content (AvgIpc) is 3.11. The Kier molecular flexibility index (Phi) is 4.42. The molecule has 1 saturated carbocycles. The van der Waals surface area contributed by atoms with Gasteiger partial charge in [0.05, 0.1) is 0 Å². The highest BCUT2D eigenvalue weighted by atomic mass is 79.9. The summed E-state index contributed by atoms with van der Waals surface area (Å²) in [4.78, 5) is 0. The number of nitrogens with one attached hydrogen (secondary N) is 1. The van der Waals surface area contributed by atoms with Crippen molar-refractivity contribution in [1.82, 2.24) is 5.32 Å². The van der Waals surface area contributed by atoms with E-state index in [1.807, 2.05) is 0 Å². The van der Waals surface area contributed by atoms with Gasteiger partial charge in [0.2, 0.25) is 0 Å². The predicted molar refractivity (Wildman–Crippen MR) is 72.6 cm³/mol. The zero-order chi connectivity index (χ0) is 11.4. The van der Waals surface area contributed by atoms with Crippen molar-refractivity contribution in [2.45, 2.75) is 26.2 Å². The van der Waals surface area contributed by atoms with Crippen LogP contribution in [-0.2, 0) is 6.42 Å². The molecule has 0 radical (unpaired) electrons. The van der Waals surface area contributed by atoms with Crippen LogP contribution in [0.2, 0.25) is 0 Å². The Hall–Kier alpha value is -0.340. The first-order valence-corrected chi connectivity index (χ1v) is 7.04. The molecule has 0 aliphatic heterocycles. The standard InChI is InChI=1S/C14H20BrN/c1-2-16-10-13(12-5-6-12)9-11-3-7-14(15)8-4-11/h3-4,7-8,12-13,16H,2,5-6,9-10H2,1H3. The van der Waals surface area contributed by atoms with Crippen molar-refractivity contribution in [3.05, 3.63) is 34.3 Å². The van der Waals surface area contributed by atoms with Gasteiger partial charge in [-0.05, 0) is 61.9 Å². The van der Waals surface area contributed by atoms with Gasteiger partial charge >= 0.3 is 0 Å². The van der Waals surface area contributed by atoms with Crippen LogP contribution in [0, 0.1) is 11.8 Å². The minimum atomic E-state index is 0.834. The molecular weight excluding hydrogens is 262 g/mol. The first-order chi connectivity index (χ1) is 7.79. The zero-order valence-electron chi connectivity index (χ0n) is 9.88. The molecule has 0 saturated heterocycles. The van der Waals surface area contributed by atoms with Gasteiger partial charge in [-0.1, -0.05) is 35.0 Å². The van der Waals surface area contributed by atoms with Crippen molar-refractivity contribution in [3.8, 4) is 0 Å². The maximum absolute atomic E-state index is 3.49. The van der Waals surface area contributed by atoms with Crippen LogP contribution in [0.5, 0.6) is 0 Å². The second-order valence-electron chi connectivity index (χ2n) is 4.74. The summed E-state index contributed by atoms with van der Waals surface area (Å²) in [6.45, 7) is 4.45. The van der Waals surface area contributed by atoms with E-state index >= 15 is 0 Å². The topological polar surface area (TPSA) is 12.0 Å². The average molecular weight is 282 g/mol. The Morgan fingerprint density at radius 1 is 1.31 bits per heavy atom. The minimum Gasteiger partial charge on any atom is -0.317 e. The van der Waals surface area contributed by atoms with Crippen LogP contribution in [0.25, 0.3) is 0 Å². The monoisotopic (exact) mass is 281 g/mol. The largest absolute Gasteiger partial charge is 0.317 e. The second kappa shape index (κ2) is 5.83. The molecule has 2 heteroatoms. The molecule has 2 rings (SSSR count). The van der Waals surface area contributed by atoms with Gasteiger partial charge in [-0.2, -0.15) is 0 Å². The lowest BCUT2D eigenvalue weighted by Gasteiger charge is -2.16. The zero-order valence-corrected chi connectivity index (χ0v) is 11.5. The molecular formula is C14H20BrN. The third-order valence-corrected chi connectivity index (χ3v) is 3.89. The van der Waals surface area contributed by atoms with Crippen molar-refractivity contribution in [2.75, 3.05) is 13.1 Å². The van der Waals surface area contributed by atoms with Gasteiger partial charge in [0, 0.05) is 4.47 Å². The van der Waals surface area contributed by atoms with Crippen LogP contribution in [0.1, 0.15) is 25.3 Å². The third-order valence-electron chi connectivity index (χ3n) is 3.36. The van der Waals surface area contributed by atoms with Gasteiger partial charge < -0.3 is 5.32 Å². The third kappa shape index (κ3) is 3.60. The van der Waals surface area contributed by atoms with Crippen LogP contribution in [0.15, 0.2) is 28.7 Å². The van der Waals surface area contributed by atoms with Crippen molar-refractivity contribution < 1.29 is 0 Å². The Balaban J connectivity index is 1.91. The molecule has 0 bridgehead atoms. The summed E-state index contributed by atoms with van der Waals surface area (Å²) >= 11 is 3.48. The molecule has 1 atom stereocenters. The SMILES string of the molecule is CCNCC(Cc1ccc(Br)cc1)C1CC1. The van der Waals surface area contributed by atoms with Crippen LogP contribution < -0.4 is 5.32 Å². The van der Waals surface area contributed by atoms with E-state index in [0.29, 0.717) is 0 Å². The highest BCUT2D eigenvalue weighted by Gasteiger charge is 2.30. The van der Waals surface area contributed by atoms with E-state index in [1.54, 1.807) is 0 Å². The summed E-state index contributed by atoms with van der Waals surface area (Å²) in [6.07, 6.45) is 4.10. The summed E-state index contributed by atoms with van der Waals surface area (Å²) in [5.41, 5.74) is 1.47. The van der Waals surface area contributed by atoms with Crippen molar-refractivity contribution in [3.63, 3.8) is 0 Å². The highest BCUT2D eigenvalue weighted by Crippen LogP contribution is 2.38. The maximum Gasteiger partial charge on any atom is 0.0175 e. The van der Waals surface area contributed by atoms with E-state index < -0.39 is 0 Å². The molecule has 1 aromatic carbocycles. The summed E-state index contributed by atoms with van der Waals surface area (Å²) in [6, 6.07) is 8.77. The molecule has 1 fully saturated rings. The molecule has 0 spiro atoms. The Bertz CT molecular complexity index is 316. The van der Waals surface area contributed by atoms with Crippen molar-refractivity contribution in [1.29, 1.82) is 0 Å². The van der Waals surface area contributed by atoms with Crippen molar-refractivity contribution >= 4 is 15.9 Å². The van der Waals surface area contributed by atoms with E-state index in [9.17, 15) is 0 Å². The minimum absolute atomic E-state index is 0.834. The molecule has 1 unspecified atom stereocenters. The normalized spacial score (nSPS) is 17.4. The van der Waals surface area contributed by atoms with E-state index in [-0.39, 0.29) is 0 Å². The number of benzene rings is 1. The molecule has 88 valence electrons. The number of hydrogen-bond donors (Lipinski definition) is 1. The van der Waals surface area contributed by atoms with E-state index in [2.05, 4.69) is 52.4 Å². The van der Waals surface area contributed by atoms with Crippen LogP contribution >= 0.6 is 15.9 Å². The summed E-state index contributed by atoms with van der Waals surface area (Å²) in [5, 5.41) is 3.49. The first-order valence-electron chi connectivity index (χ1n) is 6.24. The van der Waals surface area contributed by atoms with Crippen LogP contribution in [-0.4, -0.2) is 13.1 Å². The van der Waals surface area contributed by atoms with E-state index in [1.165, 1.54) is 35.8 Å². The molecule has 0 aromatic heterocycles. The molecule has 16 heavy (non-hydrogen) atoms. The summed E-state index contributed by atoms with van der Waals surface area (Å²) in [5.74, 6) is 1.81. The quantitative estimate of drug-likeness (QED) is 0.840. The van der Waals surface area contributed by atoms with Crippen LogP contribution in [0.4, 0.5) is 0 Å². The molecule has 1 aliphatic rings. The predicted octanol–water partition coefficient (Wildman–Crippen LogP) is 3.63. The lowest BCUT2D eigenvalue weighted by molar-refractivity contribution is 0.429. The van der Waals surface area contributed by atoms with Gasteiger partial charge in [0.15, 0.2) is 0 Å². The number of rotatable bonds is 6. The van der Waals surface area contributed by atoms with E-state index in [0.717, 1.165) is 18.4 Å². The lowest BCUT2D eigenvalue weighted by Crippen LogP contribution is -2.25. The Morgan fingerprint density at radius 3 is 2.56 bits per heavy atom. The van der Waals surface area contributed by atoms with Gasteiger partial charge in [-0.25, -0.2) is 0 Å².